The van der Waals surface area contributed by atoms with E-state index >= 15 is 0 Å². The van der Waals surface area contributed by atoms with E-state index in [9.17, 15) is 18.0 Å². The second kappa shape index (κ2) is 4.74. The van der Waals surface area contributed by atoms with Gasteiger partial charge in [-0.25, -0.2) is 0 Å². The molecule has 0 heterocycles. The van der Waals surface area contributed by atoms with Gasteiger partial charge in [0.1, 0.15) is 5.71 Å². The molecule has 0 N–H and O–H groups in total. The first-order valence-electron chi connectivity index (χ1n) is 3.74. The number of carbonyl (C=O) groups is 1. The van der Waals surface area contributed by atoms with Crippen LogP contribution in [0.5, 0.6) is 0 Å². The van der Waals surface area contributed by atoms with E-state index in [0.717, 1.165) is 19.2 Å². The third kappa shape index (κ3) is 4.02. The Morgan fingerprint density at radius 1 is 1.36 bits per heavy atom. The molecule has 0 aliphatic heterocycles. The Labute approximate surface area is 79.8 Å². The van der Waals surface area contributed by atoms with Gasteiger partial charge in [-0.3, -0.25) is 9.79 Å². The molecule has 78 valence electrons. The zero-order valence-corrected chi connectivity index (χ0v) is 7.85. The van der Waals surface area contributed by atoms with Crippen molar-refractivity contribution >= 4 is 11.5 Å². The summed E-state index contributed by atoms with van der Waals surface area (Å²) in [6, 6.07) is 0. The van der Waals surface area contributed by atoms with Crippen LogP contribution in [-0.4, -0.2) is 17.7 Å². The van der Waals surface area contributed by atoms with Crippen LogP contribution in [-0.2, 0) is 4.79 Å². The van der Waals surface area contributed by atoms with Crippen LogP contribution >= 0.6 is 0 Å². The number of carbonyl (C=O) groups excluding carboxylic acids is 1. The van der Waals surface area contributed by atoms with Gasteiger partial charge < -0.3 is 0 Å². The maximum absolute atomic E-state index is 11.9. The lowest BCUT2D eigenvalue weighted by molar-refractivity contribution is -0.113. The van der Waals surface area contributed by atoms with E-state index in [1.54, 1.807) is 0 Å². The molecule has 0 bridgehead atoms. The zero-order chi connectivity index (χ0) is 11.4. The van der Waals surface area contributed by atoms with Crippen molar-refractivity contribution in [3.05, 3.63) is 24.4 Å². The summed E-state index contributed by atoms with van der Waals surface area (Å²) >= 11 is 0. The van der Waals surface area contributed by atoms with Gasteiger partial charge in [0.25, 0.3) is 0 Å². The third-order valence-corrected chi connectivity index (χ3v) is 1.43. The topological polar surface area (TPSA) is 29.4 Å². The molecule has 0 fully saturated rings. The number of rotatable bonds is 3. The van der Waals surface area contributed by atoms with E-state index in [1.807, 2.05) is 0 Å². The maximum atomic E-state index is 11.9. The summed E-state index contributed by atoms with van der Waals surface area (Å²) in [5.41, 5.74) is -0.952. The van der Waals surface area contributed by atoms with Crippen LogP contribution < -0.4 is 0 Å². The Balaban J connectivity index is 4.85. The molecule has 0 aliphatic rings. The molecule has 0 atom stereocenters. The van der Waals surface area contributed by atoms with Crippen LogP contribution in [0.15, 0.2) is 29.4 Å². The fourth-order valence-corrected chi connectivity index (χ4v) is 0.527. The van der Waals surface area contributed by atoms with Gasteiger partial charge in [0, 0.05) is 11.8 Å². The van der Waals surface area contributed by atoms with Crippen molar-refractivity contribution < 1.29 is 18.0 Å². The lowest BCUT2D eigenvalue weighted by Gasteiger charge is -2.03. The monoisotopic (exact) mass is 205 g/mol. The lowest BCUT2D eigenvalue weighted by Crippen LogP contribution is -2.18. The molecule has 5 heteroatoms. The summed E-state index contributed by atoms with van der Waals surface area (Å²) < 4.78 is 35.8. The van der Waals surface area contributed by atoms with Crippen molar-refractivity contribution in [2.24, 2.45) is 4.99 Å². The minimum absolute atomic E-state index is 0.0496. The number of hydrogen-bond acceptors (Lipinski definition) is 2. The Morgan fingerprint density at radius 2 is 1.86 bits per heavy atom. The Bertz CT molecular complexity index is 300. The van der Waals surface area contributed by atoms with E-state index in [2.05, 4.69) is 11.6 Å². The molecule has 0 aromatic carbocycles. The molecule has 0 radical (unpaired) electrons. The van der Waals surface area contributed by atoms with Crippen molar-refractivity contribution in [2.75, 3.05) is 0 Å². The highest BCUT2D eigenvalue weighted by Gasteiger charge is 2.31. The van der Waals surface area contributed by atoms with Crippen molar-refractivity contribution in [3.63, 3.8) is 0 Å². The molecule has 0 saturated heterocycles. The number of nitrogens with zero attached hydrogens (tertiary/aromatic N) is 1. The first-order valence-corrected chi connectivity index (χ1v) is 3.74. The standard InChI is InChI=1S/C9H10F3NO/c1-4-8(6(2)14)5-13-7(3)9(10,11)12/h4-5H,1H2,2-3H3/b8-5+,13-7?. The molecule has 0 aliphatic carbocycles. The normalized spacial score (nSPS) is 14.1. The molecule has 0 aromatic rings. The minimum Gasteiger partial charge on any atom is -0.294 e. The number of ketones is 1. The first-order chi connectivity index (χ1) is 6.29. The molecule has 2 nitrogen and oxygen atoms in total. The molecule has 0 aromatic heterocycles. The second-order valence-corrected chi connectivity index (χ2v) is 2.56. The molecule has 0 rings (SSSR count). The second-order valence-electron chi connectivity index (χ2n) is 2.56. The molecule has 14 heavy (non-hydrogen) atoms. The van der Waals surface area contributed by atoms with Gasteiger partial charge in [0.2, 0.25) is 0 Å². The summed E-state index contributed by atoms with van der Waals surface area (Å²) in [7, 11) is 0. The minimum atomic E-state index is -4.46. The highest BCUT2D eigenvalue weighted by molar-refractivity contribution is 5.96. The average molecular weight is 205 g/mol. The predicted molar refractivity (Wildman–Crippen MR) is 48.1 cm³/mol. The summed E-state index contributed by atoms with van der Waals surface area (Å²) in [5, 5.41) is 0. The Kier molecular flexibility index (Phi) is 4.27. The van der Waals surface area contributed by atoms with Crippen LogP contribution in [0, 0.1) is 0 Å². The van der Waals surface area contributed by atoms with Crippen LogP contribution in [0.3, 0.4) is 0 Å². The van der Waals surface area contributed by atoms with Gasteiger partial charge in [-0.15, -0.1) is 0 Å². The molecular formula is C9H10F3NO. The first kappa shape index (κ1) is 12.6. The highest BCUT2D eigenvalue weighted by Crippen LogP contribution is 2.17. The third-order valence-electron chi connectivity index (χ3n) is 1.43. The fourth-order valence-electron chi connectivity index (χ4n) is 0.527. The molecule has 0 amide bonds. The summed E-state index contributed by atoms with van der Waals surface area (Å²) in [6.07, 6.45) is -2.44. The largest absolute Gasteiger partial charge is 0.429 e. The summed E-state index contributed by atoms with van der Waals surface area (Å²) in [6.45, 7) is 5.34. The number of hydrogen-bond donors (Lipinski definition) is 0. The summed E-state index contributed by atoms with van der Waals surface area (Å²) in [4.78, 5) is 13.9. The fraction of sp³-hybridized carbons (Fsp3) is 0.333. The average Bonchev–Trinajstić information content (AvgIpc) is 2.02. The number of Topliss-reactive ketones (excluding diaryl/α,β-unsaturated/α-hetero) is 1. The number of aliphatic imine (C=N–C) groups is 1. The van der Waals surface area contributed by atoms with Crippen molar-refractivity contribution in [1.82, 2.24) is 0 Å². The lowest BCUT2D eigenvalue weighted by atomic mass is 10.2. The van der Waals surface area contributed by atoms with Gasteiger partial charge in [-0.1, -0.05) is 12.7 Å². The van der Waals surface area contributed by atoms with Crippen molar-refractivity contribution in [3.8, 4) is 0 Å². The number of alkyl halides is 3. The number of allylic oxidation sites excluding steroid dienone is 2. The van der Waals surface area contributed by atoms with Crippen LogP contribution in [0.2, 0.25) is 0 Å². The van der Waals surface area contributed by atoms with E-state index in [0.29, 0.717) is 0 Å². The number of halogens is 3. The van der Waals surface area contributed by atoms with E-state index in [4.69, 9.17) is 0 Å². The SMILES string of the molecule is C=C/C(=C\N=C(C)C(F)(F)F)C(C)=O. The van der Waals surface area contributed by atoms with Crippen LogP contribution in [0.4, 0.5) is 13.2 Å². The summed E-state index contributed by atoms with van der Waals surface area (Å²) in [5.74, 6) is -0.376. The Morgan fingerprint density at radius 3 is 2.14 bits per heavy atom. The molecule has 0 unspecified atom stereocenters. The van der Waals surface area contributed by atoms with Crippen molar-refractivity contribution in [2.45, 2.75) is 20.0 Å². The van der Waals surface area contributed by atoms with Gasteiger partial charge in [-0.2, -0.15) is 13.2 Å². The quantitative estimate of drug-likeness (QED) is 0.395. The van der Waals surface area contributed by atoms with E-state index in [-0.39, 0.29) is 11.4 Å². The van der Waals surface area contributed by atoms with Gasteiger partial charge in [-0.05, 0) is 13.8 Å². The van der Waals surface area contributed by atoms with Gasteiger partial charge in [0.05, 0.1) is 0 Å². The van der Waals surface area contributed by atoms with E-state index in [1.165, 1.54) is 6.92 Å². The van der Waals surface area contributed by atoms with E-state index < -0.39 is 11.9 Å². The predicted octanol–water partition coefficient (Wildman–Crippen LogP) is 2.67. The molecule has 0 spiro atoms. The molecule has 0 saturated carbocycles. The zero-order valence-electron chi connectivity index (χ0n) is 7.85. The highest BCUT2D eigenvalue weighted by atomic mass is 19.4. The van der Waals surface area contributed by atoms with Gasteiger partial charge in [0.15, 0.2) is 5.78 Å². The molecular weight excluding hydrogens is 195 g/mol. The van der Waals surface area contributed by atoms with Crippen molar-refractivity contribution in [1.29, 1.82) is 0 Å². The van der Waals surface area contributed by atoms with Crippen LogP contribution in [0.1, 0.15) is 13.8 Å². The van der Waals surface area contributed by atoms with Crippen LogP contribution in [0.25, 0.3) is 0 Å². The maximum Gasteiger partial charge on any atom is 0.429 e. The Hall–Kier alpha value is -1.39. The smallest absolute Gasteiger partial charge is 0.294 e. The van der Waals surface area contributed by atoms with Gasteiger partial charge >= 0.3 is 6.18 Å².